The Hall–Kier alpha value is -0.860. The maximum Gasteiger partial charge on any atom is 0.0713 e. The van der Waals surface area contributed by atoms with Crippen molar-refractivity contribution in [3.05, 3.63) is 34.9 Å². The van der Waals surface area contributed by atoms with Crippen molar-refractivity contribution in [1.29, 1.82) is 0 Å². The number of methoxy groups -OCH3 is 1. The third-order valence-corrected chi connectivity index (χ3v) is 3.28. The van der Waals surface area contributed by atoms with Crippen molar-refractivity contribution < 1.29 is 4.74 Å². The Balaban J connectivity index is 2.22. The van der Waals surface area contributed by atoms with E-state index in [0.29, 0.717) is 13.2 Å². The number of rotatable bonds is 4. The van der Waals surface area contributed by atoms with Gasteiger partial charge in [0.2, 0.25) is 0 Å². The van der Waals surface area contributed by atoms with E-state index in [1.165, 1.54) is 36.0 Å². The van der Waals surface area contributed by atoms with Crippen LogP contribution < -0.4 is 5.73 Å². The Morgan fingerprint density at radius 3 is 2.73 bits per heavy atom. The van der Waals surface area contributed by atoms with E-state index in [4.69, 9.17) is 10.5 Å². The average Bonchev–Trinajstić information content (AvgIpc) is 2.18. The van der Waals surface area contributed by atoms with Gasteiger partial charge in [0, 0.05) is 13.7 Å². The second kappa shape index (κ2) is 4.77. The van der Waals surface area contributed by atoms with Crippen LogP contribution in [0.15, 0.2) is 18.2 Å². The van der Waals surface area contributed by atoms with Gasteiger partial charge in [-0.3, -0.25) is 0 Å². The van der Waals surface area contributed by atoms with Crippen LogP contribution in [-0.4, -0.2) is 7.11 Å². The molecule has 2 nitrogen and oxygen atoms in total. The van der Waals surface area contributed by atoms with Crippen LogP contribution in [0.2, 0.25) is 0 Å². The molecule has 2 N–H and O–H groups in total. The fourth-order valence-electron chi connectivity index (χ4n) is 2.21. The predicted molar refractivity (Wildman–Crippen MR) is 61.6 cm³/mol. The van der Waals surface area contributed by atoms with Crippen molar-refractivity contribution in [2.24, 2.45) is 5.73 Å². The quantitative estimate of drug-likeness (QED) is 0.820. The zero-order valence-electron chi connectivity index (χ0n) is 9.33. The topological polar surface area (TPSA) is 35.2 Å². The maximum atomic E-state index is 5.79. The molecule has 0 aliphatic heterocycles. The van der Waals surface area contributed by atoms with E-state index in [1.54, 1.807) is 7.11 Å². The Bertz CT molecular complexity index is 331. The van der Waals surface area contributed by atoms with Crippen LogP contribution in [0.4, 0.5) is 0 Å². The third-order valence-electron chi connectivity index (χ3n) is 3.28. The fourth-order valence-corrected chi connectivity index (χ4v) is 2.21. The molecule has 1 aromatic carbocycles. The first-order valence-electron chi connectivity index (χ1n) is 5.66. The standard InChI is InChI=1S/C13H19NO/c1-15-9-10-5-6-13(11-3-2-4-11)12(7-10)8-14/h5-7,11H,2-4,8-9,14H2,1H3. The van der Waals surface area contributed by atoms with Crippen LogP contribution >= 0.6 is 0 Å². The maximum absolute atomic E-state index is 5.79. The minimum Gasteiger partial charge on any atom is -0.380 e. The van der Waals surface area contributed by atoms with Gasteiger partial charge in [0.05, 0.1) is 6.61 Å². The largest absolute Gasteiger partial charge is 0.380 e. The number of hydrogen-bond donors (Lipinski definition) is 1. The zero-order chi connectivity index (χ0) is 10.7. The predicted octanol–water partition coefficient (Wildman–Crippen LogP) is 2.56. The molecule has 1 fully saturated rings. The summed E-state index contributed by atoms with van der Waals surface area (Å²) in [7, 11) is 1.72. The minimum absolute atomic E-state index is 0.642. The van der Waals surface area contributed by atoms with Gasteiger partial charge in [-0.05, 0) is 35.4 Å². The summed E-state index contributed by atoms with van der Waals surface area (Å²) >= 11 is 0. The molecular formula is C13H19NO. The van der Waals surface area contributed by atoms with Gasteiger partial charge in [0.15, 0.2) is 0 Å². The van der Waals surface area contributed by atoms with Crippen LogP contribution in [0.3, 0.4) is 0 Å². The number of hydrogen-bond acceptors (Lipinski definition) is 2. The van der Waals surface area contributed by atoms with Crippen LogP contribution in [0, 0.1) is 0 Å². The van der Waals surface area contributed by atoms with E-state index in [-0.39, 0.29) is 0 Å². The monoisotopic (exact) mass is 205 g/mol. The van der Waals surface area contributed by atoms with Crippen molar-refractivity contribution in [2.75, 3.05) is 7.11 Å². The molecule has 0 amide bonds. The first-order valence-corrected chi connectivity index (χ1v) is 5.66. The highest BCUT2D eigenvalue weighted by Gasteiger charge is 2.21. The summed E-state index contributed by atoms with van der Waals surface area (Å²) in [6, 6.07) is 6.59. The summed E-state index contributed by atoms with van der Waals surface area (Å²) in [6.07, 6.45) is 4.03. The van der Waals surface area contributed by atoms with E-state index in [9.17, 15) is 0 Å². The molecule has 0 aromatic heterocycles. The summed E-state index contributed by atoms with van der Waals surface area (Å²) in [5.74, 6) is 0.764. The van der Waals surface area contributed by atoms with Gasteiger partial charge in [-0.15, -0.1) is 0 Å². The van der Waals surface area contributed by atoms with Gasteiger partial charge >= 0.3 is 0 Å². The molecule has 1 aliphatic carbocycles. The molecule has 1 saturated carbocycles. The lowest BCUT2D eigenvalue weighted by Crippen LogP contribution is -2.13. The Morgan fingerprint density at radius 2 is 2.20 bits per heavy atom. The molecule has 0 radical (unpaired) electrons. The molecule has 15 heavy (non-hydrogen) atoms. The summed E-state index contributed by atoms with van der Waals surface area (Å²) in [5, 5.41) is 0. The molecule has 0 spiro atoms. The molecule has 0 atom stereocenters. The lowest BCUT2D eigenvalue weighted by Gasteiger charge is -2.28. The molecule has 2 rings (SSSR count). The third kappa shape index (κ3) is 2.21. The molecule has 1 aliphatic rings. The van der Waals surface area contributed by atoms with Gasteiger partial charge in [0.1, 0.15) is 0 Å². The fraction of sp³-hybridized carbons (Fsp3) is 0.538. The molecule has 1 aromatic rings. The molecule has 2 heteroatoms. The second-order valence-electron chi connectivity index (χ2n) is 4.30. The van der Waals surface area contributed by atoms with Gasteiger partial charge in [-0.2, -0.15) is 0 Å². The first kappa shape index (κ1) is 10.7. The first-order chi connectivity index (χ1) is 7.35. The highest BCUT2D eigenvalue weighted by Crippen LogP contribution is 2.38. The van der Waals surface area contributed by atoms with E-state index in [1.807, 2.05) is 0 Å². The van der Waals surface area contributed by atoms with E-state index >= 15 is 0 Å². The SMILES string of the molecule is COCc1ccc(C2CCC2)c(CN)c1. The smallest absolute Gasteiger partial charge is 0.0713 e. The van der Waals surface area contributed by atoms with Crippen molar-refractivity contribution in [3.8, 4) is 0 Å². The highest BCUT2D eigenvalue weighted by molar-refractivity contribution is 5.35. The molecule has 82 valence electrons. The van der Waals surface area contributed by atoms with Crippen molar-refractivity contribution >= 4 is 0 Å². The van der Waals surface area contributed by atoms with Crippen molar-refractivity contribution in [2.45, 2.75) is 38.3 Å². The zero-order valence-corrected chi connectivity index (χ0v) is 9.33. The molecule has 0 bridgehead atoms. The minimum atomic E-state index is 0.642. The van der Waals surface area contributed by atoms with E-state index in [0.717, 1.165) is 5.92 Å². The number of benzene rings is 1. The summed E-state index contributed by atoms with van der Waals surface area (Å²) in [6.45, 7) is 1.32. The van der Waals surface area contributed by atoms with Gasteiger partial charge in [-0.25, -0.2) is 0 Å². The Morgan fingerprint density at radius 1 is 1.40 bits per heavy atom. The van der Waals surface area contributed by atoms with E-state index < -0.39 is 0 Å². The number of nitrogens with two attached hydrogens (primary N) is 1. The molecule has 0 heterocycles. The van der Waals surface area contributed by atoms with Gasteiger partial charge < -0.3 is 10.5 Å². The molecule has 0 saturated heterocycles. The second-order valence-corrected chi connectivity index (χ2v) is 4.30. The van der Waals surface area contributed by atoms with Crippen LogP contribution in [-0.2, 0) is 17.9 Å². The molecule has 0 unspecified atom stereocenters. The van der Waals surface area contributed by atoms with Crippen LogP contribution in [0.5, 0.6) is 0 Å². The van der Waals surface area contributed by atoms with Gasteiger partial charge in [0.25, 0.3) is 0 Å². The normalized spacial score (nSPS) is 16.4. The van der Waals surface area contributed by atoms with Gasteiger partial charge in [-0.1, -0.05) is 24.6 Å². The van der Waals surface area contributed by atoms with E-state index in [2.05, 4.69) is 18.2 Å². The summed E-state index contributed by atoms with van der Waals surface area (Å²) in [4.78, 5) is 0. The Kier molecular flexibility index (Phi) is 3.39. The van der Waals surface area contributed by atoms with Crippen molar-refractivity contribution in [1.82, 2.24) is 0 Å². The lowest BCUT2D eigenvalue weighted by atomic mass is 9.78. The Labute approximate surface area is 91.4 Å². The lowest BCUT2D eigenvalue weighted by molar-refractivity contribution is 0.185. The summed E-state index contributed by atoms with van der Waals surface area (Å²) in [5.41, 5.74) is 9.78. The van der Waals surface area contributed by atoms with Crippen LogP contribution in [0.25, 0.3) is 0 Å². The molecular weight excluding hydrogens is 186 g/mol. The summed E-state index contributed by atoms with van der Waals surface area (Å²) < 4.78 is 5.13. The average molecular weight is 205 g/mol. The van der Waals surface area contributed by atoms with Crippen molar-refractivity contribution in [3.63, 3.8) is 0 Å². The number of ether oxygens (including phenoxy) is 1. The van der Waals surface area contributed by atoms with Crippen LogP contribution in [0.1, 0.15) is 41.9 Å². The highest BCUT2D eigenvalue weighted by atomic mass is 16.5.